The van der Waals surface area contributed by atoms with E-state index in [9.17, 15) is 9.59 Å². The molecule has 1 amide bonds. The molecule has 0 fully saturated rings. The second-order valence-corrected chi connectivity index (χ2v) is 6.46. The van der Waals surface area contributed by atoms with E-state index in [2.05, 4.69) is 10.4 Å². The number of benzene rings is 1. The Hall–Kier alpha value is -2.73. The van der Waals surface area contributed by atoms with Gasteiger partial charge in [0.2, 0.25) is 5.43 Å². The molecule has 0 saturated heterocycles. The zero-order valence-electron chi connectivity index (χ0n) is 13.4. The van der Waals surface area contributed by atoms with Gasteiger partial charge in [0.25, 0.3) is 5.91 Å². The predicted molar refractivity (Wildman–Crippen MR) is 94.8 cm³/mol. The maximum Gasteiger partial charge on any atom is 0.276 e. The van der Waals surface area contributed by atoms with Crippen LogP contribution in [0.3, 0.4) is 0 Å². The third-order valence-corrected chi connectivity index (χ3v) is 4.72. The summed E-state index contributed by atoms with van der Waals surface area (Å²) in [6, 6.07) is 12.9. The molecule has 6 heteroatoms. The number of rotatable bonds is 4. The quantitative estimate of drug-likeness (QED) is 0.795. The van der Waals surface area contributed by atoms with Crippen molar-refractivity contribution in [3.63, 3.8) is 0 Å². The van der Waals surface area contributed by atoms with E-state index >= 15 is 0 Å². The summed E-state index contributed by atoms with van der Waals surface area (Å²) in [6.45, 7) is 4.17. The molecular formula is C18H17N3O2S. The first-order chi connectivity index (χ1) is 11.6. The molecule has 3 aromatic rings. The van der Waals surface area contributed by atoms with Crippen molar-refractivity contribution < 1.29 is 4.79 Å². The lowest BCUT2D eigenvalue weighted by Gasteiger charge is -2.11. The van der Waals surface area contributed by atoms with E-state index in [0.29, 0.717) is 12.2 Å². The number of nitrogens with one attached hydrogen (secondary N) is 1. The van der Waals surface area contributed by atoms with Crippen molar-refractivity contribution in [1.29, 1.82) is 0 Å². The number of thiophene rings is 1. The van der Waals surface area contributed by atoms with Crippen LogP contribution >= 0.6 is 11.3 Å². The molecule has 2 heterocycles. The Morgan fingerprint density at radius 3 is 2.62 bits per heavy atom. The summed E-state index contributed by atoms with van der Waals surface area (Å²) in [4.78, 5) is 25.6. The first-order valence-corrected chi connectivity index (χ1v) is 8.42. The van der Waals surface area contributed by atoms with E-state index in [1.807, 2.05) is 48.7 Å². The van der Waals surface area contributed by atoms with Crippen LogP contribution in [0.2, 0.25) is 0 Å². The molecule has 0 bridgehead atoms. The third kappa shape index (κ3) is 3.28. The Kier molecular flexibility index (Phi) is 4.57. The average Bonchev–Trinajstić information content (AvgIpc) is 2.98. The molecule has 5 nitrogen and oxygen atoms in total. The van der Waals surface area contributed by atoms with Gasteiger partial charge in [0.05, 0.1) is 12.2 Å². The number of para-hydroxylation sites is 1. The van der Waals surface area contributed by atoms with Crippen LogP contribution in [0.1, 0.15) is 26.6 Å². The van der Waals surface area contributed by atoms with Crippen molar-refractivity contribution in [2.75, 3.05) is 0 Å². The minimum Gasteiger partial charge on any atom is -0.346 e. The van der Waals surface area contributed by atoms with Crippen molar-refractivity contribution in [2.45, 2.75) is 20.4 Å². The molecule has 0 spiro atoms. The number of hydrogen-bond acceptors (Lipinski definition) is 4. The van der Waals surface area contributed by atoms with Gasteiger partial charge < -0.3 is 5.32 Å². The first-order valence-electron chi connectivity index (χ1n) is 7.54. The SMILES string of the molecule is Cc1ccsc1CNC(=O)c1nn(-c2ccccc2)c(C)cc1=O. The van der Waals surface area contributed by atoms with Crippen LogP contribution in [0.5, 0.6) is 0 Å². The van der Waals surface area contributed by atoms with Gasteiger partial charge in [-0.15, -0.1) is 11.3 Å². The van der Waals surface area contributed by atoms with Crippen molar-refractivity contribution >= 4 is 17.2 Å². The summed E-state index contributed by atoms with van der Waals surface area (Å²) in [7, 11) is 0. The molecule has 24 heavy (non-hydrogen) atoms. The Morgan fingerprint density at radius 2 is 1.96 bits per heavy atom. The molecule has 0 radical (unpaired) electrons. The second kappa shape index (κ2) is 6.80. The first kappa shape index (κ1) is 16.1. The lowest BCUT2D eigenvalue weighted by molar-refractivity contribution is 0.0943. The van der Waals surface area contributed by atoms with Crippen LogP contribution in [-0.2, 0) is 6.54 Å². The smallest absolute Gasteiger partial charge is 0.276 e. The number of amides is 1. The van der Waals surface area contributed by atoms with E-state index < -0.39 is 5.91 Å². The molecule has 0 saturated carbocycles. The molecule has 0 atom stereocenters. The lowest BCUT2D eigenvalue weighted by Crippen LogP contribution is -2.31. The van der Waals surface area contributed by atoms with Crippen molar-refractivity contribution in [3.05, 3.63) is 79.9 Å². The van der Waals surface area contributed by atoms with Crippen LogP contribution < -0.4 is 10.7 Å². The Balaban J connectivity index is 1.89. The molecule has 1 aromatic carbocycles. The summed E-state index contributed by atoms with van der Waals surface area (Å²) in [5.41, 5.74) is 2.13. The Bertz CT molecular complexity index is 929. The summed E-state index contributed by atoms with van der Waals surface area (Å²) >= 11 is 1.57. The topological polar surface area (TPSA) is 64.0 Å². The van der Waals surface area contributed by atoms with E-state index in [1.54, 1.807) is 22.9 Å². The van der Waals surface area contributed by atoms with Gasteiger partial charge in [-0.05, 0) is 43.0 Å². The van der Waals surface area contributed by atoms with Crippen LogP contribution in [0.15, 0.2) is 52.6 Å². The van der Waals surface area contributed by atoms with Gasteiger partial charge in [0.1, 0.15) is 0 Å². The van der Waals surface area contributed by atoms with Crippen molar-refractivity contribution in [3.8, 4) is 5.69 Å². The van der Waals surface area contributed by atoms with Crippen molar-refractivity contribution in [2.24, 2.45) is 0 Å². The van der Waals surface area contributed by atoms with E-state index in [1.165, 1.54) is 6.07 Å². The van der Waals surface area contributed by atoms with Crippen LogP contribution in [-0.4, -0.2) is 15.7 Å². The molecule has 1 N–H and O–H groups in total. The Labute approximate surface area is 143 Å². The minimum absolute atomic E-state index is 0.0985. The fourth-order valence-electron chi connectivity index (χ4n) is 2.36. The summed E-state index contributed by atoms with van der Waals surface area (Å²) in [5.74, 6) is -0.461. The zero-order chi connectivity index (χ0) is 17.1. The van der Waals surface area contributed by atoms with Crippen LogP contribution in [0.25, 0.3) is 5.69 Å². The van der Waals surface area contributed by atoms with Gasteiger partial charge in [-0.2, -0.15) is 5.10 Å². The highest BCUT2D eigenvalue weighted by Gasteiger charge is 2.15. The van der Waals surface area contributed by atoms with E-state index in [0.717, 1.165) is 16.1 Å². The van der Waals surface area contributed by atoms with E-state index in [4.69, 9.17) is 0 Å². The van der Waals surface area contributed by atoms with Gasteiger partial charge in [-0.1, -0.05) is 18.2 Å². The fourth-order valence-corrected chi connectivity index (χ4v) is 3.21. The normalized spacial score (nSPS) is 10.6. The standard InChI is InChI=1S/C18H17N3O2S/c1-12-8-9-24-16(12)11-19-18(23)17-15(22)10-13(2)21(20-17)14-6-4-3-5-7-14/h3-10H,11H2,1-2H3,(H,19,23). The Morgan fingerprint density at radius 1 is 1.21 bits per heavy atom. The molecule has 2 aromatic heterocycles. The molecule has 3 rings (SSSR count). The van der Waals surface area contributed by atoms with Gasteiger partial charge in [-0.25, -0.2) is 4.68 Å². The summed E-state index contributed by atoms with van der Waals surface area (Å²) in [5, 5.41) is 9.01. The number of nitrogens with zero attached hydrogens (tertiary/aromatic N) is 2. The predicted octanol–water partition coefficient (Wildman–Crippen LogP) is 2.84. The largest absolute Gasteiger partial charge is 0.346 e. The van der Waals surface area contributed by atoms with Gasteiger partial charge in [0, 0.05) is 16.6 Å². The summed E-state index contributed by atoms with van der Waals surface area (Å²) in [6.07, 6.45) is 0. The van der Waals surface area contributed by atoms with Gasteiger partial charge in [-0.3, -0.25) is 9.59 Å². The van der Waals surface area contributed by atoms with Gasteiger partial charge in [0.15, 0.2) is 5.69 Å². The molecule has 122 valence electrons. The van der Waals surface area contributed by atoms with Crippen LogP contribution in [0, 0.1) is 13.8 Å². The second-order valence-electron chi connectivity index (χ2n) is 5.46. The lowest BCUT2D eigenvalue weighted by atomic mass is 10.2. The zero-order valence-corrected chi connectivity index (χ0v) is 14.3. The summed E-state index contributed by atoms with van der Waals surface area (Å²) < 4.78 is 1.60. The maximum atomic E-state index is 12.4. The van der Waals surface area contributed by atoms with Crippen LogP contribution in [0.4, 0.5) is 0 Å². The third-order valence-electron chi connectivity index (χ3n) is 3.70. The number of hydrogen-bond donors (Lipinski definition) is 1. The molecule has 0 aliphatic heterocycles. The molecule has 0 aliphatic carbocycles. The van der Waals surface area contributed by atoms with E-state index in [-0.39, 0.29) is 11.1 Å². The minimum atomic E-state index is -0.461. The highest BCUT2D eigenvalue weighted by atomic mass is 32.1. The highest BCUT2D eigenvalue weighted by molar-refractivity contribution is 7.10. The highest BCUT2D eigenvalue weighted by Crippen LogP contribution is 2.15. The average molecular weight is 339 g/mol. The fraction of sp³-hybridized carbons (Fsp3) is 0.167. The molecular weight excluding hydrogens is 322 g/mol. The maximum absolute atomic E-state index is 12.4. The molecule has 0 unspecified atom stereocenters. The number of carbonyl (C=O) groups excluding carboxylic acids is 1. The molecule has 0 aliphatic rings. The van der Waals surface area contributed by atoms with Gasteiger partial charge >= 0.3 is 0 Å². The number of aryl methyl sites for hydroxylation is 2. The number of aromatic nitrogens is 2. The monoisotopic (exact) mass is 339 g/mol. The van der Waals surface area contributed by atoms with Crippen molar-refractivity contribution in [1.82, 2.24) is 15.1 Å². The number of carbonyl (C=O) groups is 1.